The van der Waals surface area contributed by atoms with Crippen molar-refractivity contribution in [3.63, 3.8) is 0 Å². The molecule has 4 rings (SSSR count). The quantitative estimate of drug-likeness (QED) is 0.549. The van der Waals surface area contributed by atoms with Gasteiger partial charge < -0.3 is 10.5 Å². The van der Waals surface area contributed by atoms with Gasteiger partial charge in [0.1, 0.15) is 5.69 Å². The van der Waals surface area contributed by atoms with Crippen LogP contribution in [-0.2, 0) is 18.0 Å². The highest BCUT2D eigenvalue weighted by Gasteiger charge is 2.15. The maximum absolute atomic E-state index is 12.4. The van der Waals surface area contributed by atoms with Gasteiger partial charge in [-0.3, -0.25) is 4.57 Å². The van der Waals surface area contributed by atoms with Crippen molar-refractivity contribution in [3.8, 4) is 11.5 Å². The van der Waals surface area contributed by atoms with E-state index in [9.17, 15) is 4.79 Å². The fraction of sp³-hybridized carbons (Fsp3) is 0.105. The Kier molecular flexibility index (Phi) is 4.47. The molecule has 2 N–H and O–H groups in total. The third-order valence-electron chi connectivity index (χ3n) is 4.07. The molecule has 0 aliphatic heterocycles. The standard InChI is InChI=1S/C19H16N4O2S/c20-9-13-5-7-14(8-6-13)19(24)25-12-23-17-4-2-1-3-15(17)22-18(23)16-10-26-11-21-16/h1-8,10-11H,9,12,20H2. The first kappa shape index (κ1) is 16.4. The van der Waals surface area contributed by atoms with Gasteiger partial charge in [-0.15, -0.1) is 11.3 Å². The highest BCUT2D eigenvalue weighted by molar-refractivity contribution is 7.07. The molecule has 0 fully saturated rings. The predicted octanol–water partition coefficient (Wildman–Crippen LogP) is 3.43. The molecule has 0 saturated carbocycles. The lowest BCUT2D eigenvalue weighted by Gasteiger charge is -2.09. The van der Waals surface area contributed by atoms with Gasteiger partial charge in [-0.2, -0.15) is 0 Å². The van der Waals surface area contributed by atoms with Gasteiger partial charge in [0, 0.05) is 11.9 Å². The zero-order valence-corrected chi connectivity index (χ0v) is 14.6. The Hall–Kier alpha value is -3.03. The Morgan fingerprint density at radius 2 is 1.96 bits per heavy atom. The average Bonchev–Trinajstić information content (AvgIpc) is 3.34. The van der Waals surface area contributed by atoms with Crippen LogP contribution in [0.1, 0.15) is 15.9 Å². The molecule has 130 valence electrons. The normalized spacial score (nSPS) is 11.0. The minimum absolute atomic E-state index is 0.0604. The summed E-state index contributed by atoms with van der Waals surface area (Å²) in [6.07, 6.45) is 0. The molecule has 0 saturated heterocycles. The van der Waals surface area contributed by atoms with Crippen LogP contribution in [0.3, 0.4) is 0 Å². The molecular weight excluding hydrogens is 348 g/mol. The summed E-state index contributed by atoms with van der Waals surface area (Å²) in [4.78, 5) is 21.3. The lowest BCUT2D eigenvalue weighted by molar-refractivity contribution is 0.0381. The Bertz CT molecular complexity index is 1040. The number of thiazole rings is 1. The second-order valence-corrected chi connectivity index (χ2v) is 6.41. The Balaban J connectivity index is 1.62. The number of benzene rings is 2. The number of nitrogens with zero attached hydrogens (tertiary/aromatic N) is 3. The van der Waals surface area contributed by atoms with E-state index in [0.717, 1.165) is 22.3 Å². The largest absolute Gasteiger partial charge is 0.440 e. The summed E-state index contributed by atoms with van der Waals surface area (Å²) in [6, 6.07) is 14.8. The summed E-state index contributed by atoms with van der Waals surface area (Å²) in [5, 5.41) is 1.92. The summed E-state index contributed by atoms with van der Waals surface area (Å²) >= 11 is 1.50. The third-order valence-corrected chi connectivity index (χ3v) is 4.65. The van der Waals surface area contributed by atoms with Gasteiger partial charge in [-0.25, -0.2) is 14.8 Å². The topological polar surface area (TPSA) is 83.0 Å². The van der Waals surface area contributed by atoms with Crippen LogP contribution in [0.15, 0.2) is 59.4 Å². The van der Waals surface area contributed by atoms with Crippen molar-refractivity contribution in [1.82, 2.24) is 14.5 Å². The molecule has 2 aromatic heterocycles. The van der Waals surface area contributed by atoms with Gasteiger partial charge in [0.2, 0.25) is 0 Å². The molecule has 4 aromatic rings. The van der Waals surface area contributed by atoms with Crippen LogP contribution in [0.5, 0.6) is 0 Å². The maximum atomic E-state index is 12.4. The van der Waals surface area contributed by atoms with Crippen molar-refractivity contribution in [2.24, 2.45) is 5.73 Å². The molecule has 0 radical (unpaired) electrons. The van der Waals surface area contributed by atoms with Crippen LogP contribution in [0.25, 0.3) is 22.6 Å². The zero-order chi connectivity index (χ0) is 17.9. The molecular formula is C19H16N4O2S. The number of carbonyl (C=O) groups is 1. The molecule has 0 aliphatic rings. The summed E-state index contributed by atoms with van der Waals surface area (Å²) in [6.45, 7) is 0.498. The van der Waals surface area contributed by atoms with Crippen LogP contribution in [0.2, 0.25) is 0 Å². The van der Waals surface area contributed by atoms with Crippen LogP contribution in [-0.4, -0.2) is 20.5 Å². The van der Waals surface area contributed by atoms with Crippen molar-refractivity contribution in [1.29, 1.82) is 0 Å². The van der Waals surface area contributed by atoms with Gasteiger partial charge >= 0.3 is 5.97 Å². The van der Waals surface area contributed by atoms with Gasteiger partial charge in [-0.1, -0.05) is 24.3 Å². The summed E-state index contributed by atoms with van der Waals surface area (Å²) < 4.78 is 7.38. The first-order valence-electron chi connectivity index (χ1n) is 8.06. The summed E-state index contributed by atoms with van der Waals surface area (Å²) in [7, 11) is 0. The van der Waals surface area contributed by atoms with E-state index in [1.165, 1.54) is 11.3 Å². The van der Waals surface area contributed by atoms with E-state index in [0.29, 0.717) is 17.9 Å². The van der Waals surface area contributed by atoms with E-state index >= 15 is 0 Å². The van der Waals surface area contributed by atoms with E-state index in [1.807, 2.05) is 46.3 Å². The molecule has 0 unspecified atom stereocenters. The van der Waals surface area contributed by atoms with E-state index in [4.69, 9.17) is 10.5 Å². The number of rotatable bonds is 5. The van der Waals surface area contributed by atoms with Crippen molar-refractivity contribution in [2.75, 3.05) is 0 Å². The number of fused-ring (bicyclic) bond motifs is 1. The molecule has 26 heavy (non-hydrogen) atoms. The summed E-state index contributed by atoms with van der Waals surface area (Å²) in [5.41, 5.74) is 11.3. The molecule has 0 amide bonds. The molecule has 0 bridgehead atoms. The molecule has 0 spiro atoms. The maximum Gasteiger partial charge on any atom is 0.339 e. The van der Waals surface area contributed by atoms with Crippen LogP contribution < -0.4 is 5.73 Å². The number of aromatic nitrogens is 3. The van der Waals surface area contributed by atoms with Crippen molar-refractivity contribution in [2.45, 2.75) is 13.3 Å². The van der Waals surface area contributed by atoms with Crippen molar-refractivity contribution < 1.29 is 9.53 Å². The Labute approximate surface area is 153 Å². The lowest BCUT2D eigenvalue weighted by Crippen LogP contribution is -2.11. The molecule has 7 heteroatoms. The smallest absolute Gasteiger partial charge is 0.339 e. The number of ether oxygens (including phenoxy) is 1. The first-order chi connectivity index (χ1) is 12.8. The van der Waals surface area contributed by atoms with Gasteiger partial charge in [0.05, 0.1) is 22.1 Å². The lowest BCUT2D eigenvalue weighted by atomic mass is 10.1. The highest BCUT2D eigenvalue weighted by Crippen LogP contribution is 2.24. The van der Waals surface area contributed by atoms with Gasteiger partial charge in [0.25, 0.3) is 0 Å². The van der Waals surface area contributed by atoms with Gasteiger partial charge in [0.15, 0.2) is 12.6 Å². The van der Waals surface area contributed by atoms with Crippen LogP contribution >= 0.6 is 11.3 Å². The minimum atomic E-state index is -0.393. The van der Waals surface area contributed by atoms with E-state index in [1.54, 1.807) is 17.6 Å². The first-order valence-corrected chi connectivity index (χ1v) is 9.00. The average molecular weight is 364 g/mol. The van der Waals surface area contributed by atoms with Crippen molar-refractivity contribution in [3.05, 3.63) is 70.5 Å². The molecule has 0 atom stereocenters. The highest BCUT2D eigenvalue weighted by atomic mass is 32.1. The van der Waals surface area contributed by atoms with Crippen molar-refractivity contribution >= 4 is 28.3 Å². The molecule has 2 aromatic carbocycles. The third kappa shape index (κ3) is 3.10. The predicted molar refractivity (Wildman–Crippen MR) is 101 cm³/mol. The van der Waals surface area contributed by atoms with Crippen LogP contribution in [0.4, 0.5) is 0 Å². The second kappa shape index (κ2) is 7.07. The SMILES string of the molecule is NCc1ccc(C(=O)OCn2c(-c3cscn3)nc3ccccc32)cc1. The number of para-hydroxylation sites is 2. The number of carbonyl (C=O) groups excluding carboxylic acids is 1. The second-order valence-electron chi connectivity index (χ2n) is 5.69. The van der Waals surface area contributed by atoms with E-state index in [2.05, 4.69) is 9.97 Å². The Morgan fingerprint density at radius 3 is 2.69 bits per heavy atom. The molecule has 2 heterocycles. The fourth-order valence-electron chi connectivity index (χ4n) is 2.71. The molecule has 0 aliphatic carbocycles. The zero-order valence-electron chi connectivity index (χ0n) is 13.8. The number of esters is 1. The molecule has 6 nitrogen and oxygen atoms in total. The van der Waals surface area contributed by atoms with Gasteiger partial charge in [-0.05, 0) is 29.8 Å². The number of hydrogen-bond acceptors (Lipinski definition) is 6. The number of imidazole rings is 1. The van der Waals surface area contributed by atoms with Crippen LogP contribution in [0, 0.1) is 0 Å². The minimum Gasteiger partial charge on any atom is -0.440 e. The van der Waals surface area contributed by atoms with E-state index in [-0.39, 0.29) is 6.73 Å². The number of nitrogens with two attached hydrogens (primary N) is 1. The monoisotopic (exact) mass is 364 g/mol. The Morgan fingerprint density at radius 1 is 1.15 bits per heavy atom. The summed E-state index contributed by atoms with van der Waals surface area (Å²) in [5.74, 6) is 0.286. The fourth-order valence-corrected chi connectivity index (χ4v) is 3.24. The van der Waals surface area contributed by atoms with E-state index < -0.39 is 5.97 Å². The number of hydrogen-bond donors (Lipinski definition) is 1.